The second-order valence-electron chi connectivity index (χ2n) is 4.95. The number of hydrogen-bond acceptors (Lipinski definition) is 5. The maximum atomic E-state index is 10.6. The molecule has 19 heavy (non-hydrogen) atoms. The summed E-state index contributed by atoms with van der Waals surface area (Å²) in [6, 6.07) is 3.27. The van der Waals surface area contributed by atoms with Gasteiger partial charge in [0.05, 0.1) is 5.69 Å². The van der Waals surface area contributed by atoms with Crippen LogP contribution in [0.2, 0.25) is 0 Å². The Kier molecular flexibility index (Phi) is 4.68. The van der Waals surface area contributed by atoms with Crippen LogP contribution in [-0.2, 0) is 0 Å². The van der Waals surface area contributed by atoms with Crippen LogP contribution in [0.5, 0.6) is 0 Å². The molecule has 1 saturated heterocycles. The molecular formula is C13H20N4O2. The summed E-state index contributed by atoms with van der Waals surface area (Å²) in [7, 11) is 1.98. The lowest BCUT2D eigenvalue weighted by Gasteiger charge is -2.32. The zero-order valence-corrected chi connectivity index (χ0v) is 11.2. The summed E-state index contributed by atoms with van der Waals surface area (Å²) in [6.07, 6.45) is 5.19. The van der Waals surface area contributed by atoms with E-state index in [9.17, 15) is 10.1 Å². The molecule has 1 aliphatic heterocycles. The summed E-state index contributed by atoms with van der Waals surface area (Å²) < 4.78 is 0. The monoisotopic (exact) mass is 264 g/mol. The molecule has 1 aliphatic rings. The molecule has 1 fully saturated rings. The van der Waals surface area contributed by atoms with Crippen molar-refractivity contribution in [1.82, 2.24) is 10.3 Å². The molecule has 104 valence electrons. The molecule has 0 atom stereocenters. The number of pyridine rings is 1. The van der Waals surface area contributed by atoms with Gasteiger partial charge in [0.2, 0.25) is 0 Å². The molecule has 2 rings (SSSR count). The summed E-state index contributed by atoms with van der Waals surface area (Å²) in [5.41, 5.74) is 0.984. The lowest BCUT2D eigenvalue weighted by Crippen LogP contribution is -2.34. The van der Waals surface area contributed by atoms with E-state index in [0.717, 1.165) is 31.2 Å². The van der Waals surface area contributed by atoms with Crippen molar-refractivity contribution in [3.63, 3.8) is 0 Å². The van der Waals surface area contributed by atoms with Gasteiger partial charge in [0.25, 0.3) is 0 Å². The Bertz CT molecular complexity index is 413. The lowest BCUT2D eigenvalue weighted by molar-refractivity contribution is -0.389. The standard InChI is InChI=1S/C13H20N4O2/c1-14-7-4-11-5-8-16(9-6-11)12-2-3-13(15-10-12)17(18)19/h2-3,10-11,14H,4-9H2,1H3. The molecule has 0 aliphatic carbocycles. The van der Waals surface area contributed by atoms with Crippen molar-refractivity contribution < 1.29 is 4.92 Å². The first-order chi connectivity index (χ1) is 9.20. The molecule has 0 amide bonds. The van der Waals surface area contributed by atoms with Crippen LogP contribution in [0.3, 0.4) is 0 Å². The average molecular weight is 264 g/mol. The maximum absolute atomic E-state index is 10.6. The number of nitrogens with one attached hydrogen (secondary N) is 1. The Morgan fingerprint density at radius 3 is 2.74 bits per heavy atom. The summed E-state index contributed by atoms with van der Waals surface area (Å²) in [5, 5.41) is 13.7. The topological polar surface area (TPSA) is 71.3 Å². The van der Waals surface area contributed by atoms with Crippen LogP contribution in [0.15, 0.2) is 18.3 Å². The molecule has 0 bridgehead atoms. The van der Waals surface area contributed by atoms with E-state index in [2.05, 4.69) is 15.2 Å². The predicted molar refractivity (Wildman–Crippen MR) is 74.4 cm³/mol. The number of nitro groups is 1. The fourth-order valence-corrected chi connectivity index (χ4v) is 2.50. The van der Waals surface area contributed by atoms with Gasteiger partial charge >= 0.3 is 5.82 Å². The highest BCUT2D eigenvalue weighted by Gasteiger charge is 2.20. The second-order valence-corrected chi connectivity index (χ2v) is 4.95. The van der Waals surface area contributed by atoms with E-state index >= 15 is 0 Å². The normalized spacial score (nSPS) is 16.6. The molecule has 1 N–H and O–H groups in total. The third-order valence-corrected chi connectivity index (χ3v) is 3.70. The Balaban J connectivity index is 1.88. The van der Waals surface area contributed by atoms with Crippen LogP contribution in [-0.4, -0.2) is 36.6 Å². The first-order valence-corrected chi connectivity index (χ1v) is 6.70. The third kappa shape index (κ3) is 3.64. The number of nitrogens with zero attached hydrogens (tertiary/aromatic N) is 3. The number of aromatic nitrogens is 1. The van der Waals surface area contributed by atoms with E-state index in [-0.39, 0.29) is 5.82 Å². The smallest absolute Gasteiger partial charge is 0.363 e. The van der Waals surface area contributed by atoms with Crippen molar-refractivity contribution in [3.8, 4) is 0 Å². The number of anilines is 1. The van der Waals surface area contributed by atoms with Gasteiger partial charge in [-0.3, -0.25) is 0 Å². The van der Waals surface area contributed by atoms with E-state index in [0.29, 0.717) is 0 Å². The molecule has 0 unspecified atom stereocenters. The van der Waals surface area contributed by atoms with Crippen molar-refractivity contribution in [2.24, 2.45) is 5.92 Å². The van der Waals surface area contributed by atoms with Gasteiger partial charge in [-0.15, -0.1) is 0 Å². The zero-order valence-electron chi connectivity index (χ0n) is 11.2. The minimum Gasteiger partial charge on any atom is -0.368 e. The Hall–Kier alpha value is -1.69. The molecule has 0 radical (unpaired) electrons. The third-order valence-electron chi connectivity index (χ3n) is 3.70. The number of rotatable bonds is 5. The molecule has 0 spiro atoms. The van der Waals surface area contributed by atoms with Gasteiger partial charge in [-0.1, -0.05) is 0 Å². The van der Waals surface area contributed by atoms with Crippen molar-refractivity contribution in [2.75, 3.05) is 31.6 Å². The van der Waals surface area contributed by atoms with Crippen LogP contribution < -0.4 is 10.2 Å². The molecule has 2 heterocycles. The molecule has 1 aromatic rings. The van der Waals surface area contributed by atoms with Crippen molar-refractivity contribution in [1.29, 1.82) is 0 Å². The van der Waals surface area contributed by atoms with Crippen LogP contribution in [0.25, 0.3) is 0 Å². The first kappa shape index (κ1) is 13.7. The second kappa shape index (κ2) is 6.47. The minimum atomic E-state index is -0.465. The predicted octanol–water partition coefficient (Wildman–Crippen LogP) is 1.82. The summed E-state index contributed by atoms with van der Waals surface area (Å²) in [6.45, 7) is 3.09. The van der Waals surface area contributed by atoms with Crippen LogP contribution >= 0.6 is 0 Å². The summed E-state index contributed by atoms with van der Waals surface area (Å²) in [4.78, 5) is 16.2. The van der Waals surface area contributed by atoms with Gasteiger partial charge in [0.15, 0.2) is 6.20 Å². The van der Waals surface area contributed by atoms with Gasteiger partial charge in [0, 0.05) is 19.2 Å². The zero-order chi connectivity index (χ0) is 13.7. The van der Waals surface area contributed by atoms with Gasteiger partial charge in [-0.05, 0) is 54.7 Å². The summed E-state index contributed by atoms with van der Waals surface area (Å²) >= 11 is 0. The van der Waals surface area contributed by atoms with Crippen molar-refractivity contribution in [2.45, 2.75) is 19.3 Å². The highest BCUT2D eigenvalue weighted by molar-refractivity contribution is 5.46. The largest absolute Gasteiger partial charge is 0.368 e. The average Bonchev–Trinajstić information content (AvgIpc) is 2.46. The first-order valence-electron chi connectivity index (χ1n) is 6.70. The van der Waals surface area contributed by atoms with Gasteiger partial charge in [-0.25, -0.2) is 0 Å². The molecule has 1 aromatic heterocycles. The number of hydrogen-bond donors (Lipinski definition) is 1. The Morgan fingerprint density at radius 2 is 2.21 bits per heavy atom. The van der Waals surface area contributed by atoms with E-state index in [4.69, 9.17) is 0 Å². The Labute approximate surface area is 113 Å². The van der Waals surface area contributed by atoms with Gasteiger partial charge in [0.1, 0.15) is 0 Å². The molecule has 6 heteroatoms. The lowest BCUT2D eigenvalue weighted by atomic mass is 9.93. The molecule has 0 saturated carbocycles. The molecular weight excluding hydrogens is 244 g/mol. The fraction of sp³-hybridized carbons (Fsp3) is 0.615. The minimum absolute atomic E-state index is 0.0901. The quantitative estimate of drug-likeness (QED) is 0.648. The number of piperidine rings is 1. The van der Waals surface area contributed by atoms with Gasteiger partial charge in [-0.2, -0.15) is 0 Å². The molecule has 0 aromatic carbocycles. The van der Waals surface area contributed by atoms with E-state index in [1.165, 1.54) is 25.3 Å². The SMILES string of the molecule is CNCCC1CCN(c2ccc([N+](=O)[O-])nc2)CC1. The van der Waals surface area contributed by atoms with E-state index in [1.807, 2.05) is 7.05 Å². The Morgan fingerprint density at radius 1 is 1.47 bits per heavy atom. The molecule has 6 nitrogen and oxygen atoms in total. The maximum Gasteiger partial charge on any atom is 0.363 e. The van der Waals surface area contributed by atoms with Gasteiger partial charge < -0.3 is 20.3 Å². The highest BCUT2D eigenvalue weighted by Crippen LogP contribution is 2.25. The fourth-order valence-electron chi connectivity index (χ4n) is 2.50. The van der Waals surface area contributed by atoms with Crippen LogP contribution in [0.4, 0.5) is 11.5 Å². The van der Waals surface area contributed by atoms with Crippen LogP contribution in [0, 0.1) is 16.0 Å². The van der Waals surface area contributed by atoms with E-state index in [1.54, 1.807) is 12.3 Å². The summed E-state index contributed by atoms with van der Waals surface area (Å²) in [5.74, 6) is 0.697. The highest BCUT2D eigenvalue weighted by atomic mass is 16.6. The van der Waals surface area contributed by atoms with Crippen LogP contribution in [0.1, 0.15) is 19.3 Å². The van der Waals surface area contributed by atoms with E-state index < -0.39 is 4.92 Å². The van der Waals surface area contributed by atoms with Crippen molar-refractivity contribution >= 4 is 11.5 Å². The van der Waals surface area contributed by atoms with Crippen molar-refractivity contribution in [3.05, 3.63) is 28.4 Å².